The fourth-order valence-corrected chi connectivity index (χ4v) is 2.09. The average molecular weight is 234 g/mol. The van der Waals surface area contributed by atoms with Gasteiger partial charge in [0, 0.05) is 39.5 Å². The Hall–Kier alpha value is -1.06. The van der Waals surface area contributed by atoms with Crippen molar-refractivity contribution in [2.24, 2.45) is 0 Å². The van der Waals surface area contributed by atoms with Gasteiger partial charge in [0.15, 0.2) is 0 Å². The van der Waals surface area contributed by atoms with Crippen molar-refractivity contribution in [3.8, 4) is 0 Å². The summed E-state index contributed by atoms with van der Waals surface area (Å²) in [6.07, 6.45) is 2.84. The van der Waals surface area contributed by atoms with Crippen molar-refractivity contribution >= 4 is 5.69 Å². The molecule has 0 spiro atoms. The Morgan fingerprint density at radius 3 is 2.65 bits per heavy atom. The average Bonchev–Trinajstić information content (AvgIpc) is 2.83. The van der Waals surface area contributed by atoms with Crippen molar-refractivity contribution in [2.75, 3.05) is 32.1 Å². The fraction of sp³-hybridized carbons (Fsp3) is 0.571. The summed E-state index contributed by atoms with van der Waals surface area (Å²) in [6.45, 7) is 2.83. The number of hydrogen-bond acceptors (Lipinski definition) is 3. The topological polar surface area (TPSA) is 24.5 Å². The molecule has 1 atom stereocenters. The third-order valence-corrected chi connectivity index (χ3v) is 3.18. The van der Waals surface area contributed by atoms with E-state index in [1.807, 2.05) is 0 Å². The largest absolute Gasteiger partial charge is 0.378 e. The molecule has 1 aliphatic heterocycles. The minimum absolute atomic E-state index is 0.427. The molecular formula is C14H22N2O. The van der Waals surface area contributed by atoms with Crippen molar-refractivity contribution in [2.45, 2.75) is 25.5 Å². The zero-order chi connectivity index (χ0) is 12.1. The third-order valence-electron chi connectivity index (χ3n) is 3.18. The van der Waals surface area contributed by atoms with E-state index in [4.69, 9.17) is 4.74 Å². The Bertz CT molecular complexity index is 329. The van der Waals surface area contributed by atoms with Crippen LogP contribution < -0.4 is 10.2 Å². The number of nitrogens with zero attached hydrogens (tertiary/aromatic N) is 1. The van der Waals surface area contributed by atoms with Crippen LogP contribution in [0.4, 0.5) is 5.69 Å². The van der Waals surface area contributed by atoms with Gasteiger partial charge in [0.05, 0.1) is 6.10 Å². The molecule has 94 valence electrons. The van der Waals surface area contributed by atoms with Crippen LogP contribution in [0.3, 0.4) is 0 Å². The zero-order valence-electron chi connectivity index (χ0n) is 10.8. The first-order valence-corrected chi connectivity index (χ1v) is 6.34. The van der Waals surface area contributed by atoms with Crippen molar-refractivity contribution in [1.29, 1.82) is 0 Å². The Kier molecular flexibility index (Phi) is 4.40. The molecule has 3 heteroatoms. The molecule has 1 aliphatic rings. The normalized spacial score (nSPS) is 19.5. The van der Waals surface area contributed by atoms with E-state index >= 15 is 0 Å². The van der Waals surface area contributed by atoms with Crippen molar-refractivity contribution in [3.05, 3.63) is 29.8 Å². The monoisotopic (exact) mass is 234 g/mol. The lowest BCUT2D eigenvalue weighted by molar-refractivity contribution is 0.110. The summed E-state index contributed by atoms with van der Waals surface area (Å²) in [5.41, 5.74) is 2.57. The highest BCUT2D eigenvalue weighted by Gasteiger charge is 2.14. The fourth-order valence-electron chi connectivity index (χ4n) is 2.09. The summed E-state index contributed by atoms with van der Waals surface area (Å²) in [7, 11) is 4.12. The minimum atomic E-state index is 0.427. The van der Waals surface area contributed by atoms with E-state index in [1.165, 1.54) is 24.1 Å². The molecule has 1 saturated heterocycles. The number of anilines is 1. The van der Waals surface area contributed by atoms with Crippen molar-refractivity contribution < 1.29 is 4.74 Å². The summed E-state index contributed by atoms with van der Waals surface area (Å²) >= 11 is 0. The Labute approximate surface area is 104 Å². The van der Waals surface area contributed by atoms with E-state index in [0.29, 0.717) is 6.10 Å². The highest BCUT2D eigenvalue weighted by molar-refractivity contribution is 5.45. The Balaban J connectivity index is 1.74. The zero-order valence-corrected chi connectivity index (χ0v) is 10.8. The van der Waals surface area contributed by atoms with Gasteiger partial charge in [-0.2, -0.15) is 0 Å². The molecule has 0 aliphatic carbocycles. The van der Waals surface area contributed by atoms with E-state index in [9.17, 15) is 0 Å². The van der Waals surface area contributed by atoms with Gasteiger partial charge in [-0.3, -0.25) is 0 Å². The van der Waals surface area contributed by atoms with Crippen LogP contribution in [0.15, 0.2) is 24.3 Å². The summed E-state index contributed by atoms with van der Waals surface area (Å²) in [6, 6.07) is 8.67. The lowest BCUT2D eigenvalue weighted by atomic mass is 10.2. The first-order valence-electron chi connectivity index (χ1n) is 6.34. The molecule has 0 bridgehead atoms. The number of benzene rings is 1. The van der Waals surface area contributed by atoms with Crippen LogP contribution in [0.5, 0.6) is 0 Å². The molecule has 1 aromatic carbocycles. The molecule has 0 unspecified atom stereocenters. The van der Waals surface area contributed by atoms with Crippen LogP contribution in [0, 0.1) is 0 Å². The molecular weight excluding hydrogens is 212 g/mol. The van der Waals surface area contributed by atoms with Gasteiger partial charge in [0.1, 0.15) is 0 Å². The van der Waals surface area contributed by atoms with Crippen LogP contribution >= 0.6 is 0 Å². The Morgan fingerprint density at radius 1 is 1.29 bits per heavy atom. The molecule has 3 nitrogen and oxygen atoms in total. The second-order valence-corrected chi connectivity index (χ2v) is 4.83. The van der Waals surface area contributed by atoms with E-state index in [2.05, 4.69) is 48.6 Å². The van der Waals surface area contributed by atoms with Gasteiger partial charge >= 0.3 is 0 Å². The number of rotatable bonds is 5. The number of hydrogen-bond donors (Lipinski definition) is 1. The summed E-state index contributed by atoms with van der Waals surface area (Å²) in [5, 5.41) is 3.45. The maximum atomic E-state index is 5.57. The molecule has 1 fully saturated rings. The predicted molar refractivity (Wildman–Crippen MR) is 71.4 cm³/mol. The highest BCUT2D eigenvalue weighted by atomic mass is 16.5. The lowest BCUT2D eigenvalue weighted by Gasteiger charge is -2.14. The standard InChI is InChI=1S/C14H22N2O/c1-16(2)13-7-5-12(6-8-13)10-15-11-14-4-3-9-17-14/h5-8,14-15H,3-4,9-11H2,1-2H3/t14-/m1/s1. The predicted octanol–water partition coefficient (Wildman–Crippen LogP) is 2.02. The van der Waals surface area contributed by atoms with E-state index in [1.54, 1.807) is 0 Å². The molecule has 0 saturated carbocycles. The lowest BCUT2D eigenvalue weighted by Crippen LogP contribution is -2.25. The van der Waals surface area contributed by atoms with Gasteiger partial charge in [-0.15, -0.1) is 0 Å². The molecule has 0 radical (unpaired) electrons. The SMILES string of the molecule is CN(C)c1ccc(CNC[C@H]2CCCO2)cc1. The first-order chi connectivity index (χ1) is 8.25. The smallest absolute Gasteiger partial charge is 0.0700 e. The number of nitrogens with one attached hydrogen (secondary N) is 1. The molecule has 17 heavy (non-hydrogen) atoms. The summed E-state index contributed by atoms with van der Waals surface area (Å²) < 4.78 is 5.57. The van der Waals surface area contributed by atoms with Gasteiger partial charge in [0.25, 0.3) is 0 Å². The first kappa shape index (κ1) is 12.4. The molecule has 2 rings (SSSR count). The Morgan fingerprint density at radius 2 is 2.06 bits per heavy atom. The van der Waals surface area contributed by atoms with Gasteiger partial charge in [0.2, 0.25) is 0 Å². The molecule has 0 aromatic heterocycles. The summed E-state index contributed by atoms with van der Waals surface area (Å²) in [4.78, 5) is 2.11. The van der Waals surface area contributed by atoms with Gasteiger partial charge in [-0.25, -0.2) is 0 Å². The van der Waals surface area contributed by atoms with Crippen molar-refractivity contribution in [3.63, 3.8) is 0 Å². The minimum Gasteiger partial charge on any atom is -0.378 e. The van der Waals surface area contributed by atoms with Crippen molar-refractivity contribution in [1.82, 2.24) is 5.32 Å². The second kappa shape index (κ2) is 6.03. The number of ether oxygens (including phenoxy) is 1. The van der Waals surface area contributed by atoms with E-state index < -0.39 is 0 Å². The molecule has 1 heterocycles. The second-order valence-electron chi connectivity index (χ2n) is 4.83. The summed E-state index contributed by atoms with van der Waals surface area (Å²) in [5.74, 6) is 0. The van der Waals surface area contributed by atoms with Crippen LogP contribution in [0.2, 0.25) is 0 Å². The van der Waals surface area contributed by atoms with Crippen LogP contribution in [-0.4, -0.2) is 33.4 Å². The maximum Gasteiger partial charge on any atom is 0.0700 e. The van der Waals surface area contributed by atoms with E-state index in [0.717, 1.165) is 19.7 Å². The van der Waals surface area contributed by atoms with Crippen LogP contribution in [0.1, 0.15) is 18.4 Å². The van der Waals surface area contributed by atoms with Crippen LogP contribution in [-0.2, 0) is 11.3 Å². The van der Waals surface area contributed by atoms with E-state index in [-0.39, 0.29) is 0 Å². The van der Waals surface area contributed by atoms with Crippen LogP contribution in [0.25, 0.3) is 0 Å². The van der Waals surface area contributed by atoms with Gasteiger partial charge in [-0.1, -0.05) is 12.1 Å². The molecule has 1 aromatic rings. The molecule has 0 amide bonds. The maximum absolute atomic E-state index is 5.57. The highest BCUT2D eigenvalue weighted by Crippen LogP contribution is 2.13. The van der Waals surface area contributed by atoms with Gasteiger partial charge in [-0.05, 0) is 30.5 Å². The quantitative estimate of drug-likeness (QED) is 0.843. The molecule has 1 N–H and O–H groups in total. The third kappa shape index (κ3) is 3.72. The van der Waals surface area contributed by atoms with Gasteiger partial charge < -0.3 is 15.0 Å².